The number of carbonyl (C=O) groups is 3. The first-order valence-electron chi connectivity index (χ1n) is 11.2. The highest BCUT2D eigenvalue weighted by atomic mass is 35.5. The molecule has 180 valence electrons. The molecule has 0 unspecified atom stereocenters. The van der Waals surface area contributed by atoms with Crippen LogP contribution in [0.25, 0.3) is 0 Å². The van der Waals surface area contributed by atoms with Crippen LogP contribution >= 0.6 is 11.6 Å². The van der Waals surface area contributed by atoms with Gasteiger partial charge in [0, 0.05) is 17.9 Å². The lowest BCUT2D eigenvalue weighted by atomic mass is 9.93. The normalized spacial score (nSPS) is 15.6. The third-order valence-corrected chi connectivity index (χ3v) is 6.36. The predicted molar refractivity (Wildman–Crippen MR) is 131 cm³/mol. The van der Waals surface area contributed by atoms with Crippen molar-refractivity contribution in [3.8, 4) is 0 Å². The van der Waals surface area contributed by atoms with Crippen LogP contribution in [0.3, 0.4) is 0 Å². The molecule has 0 fully saturated rings. The third-order valence-electron chi connectivity index (χ3n) is 5.99. The molecule has 0 radical (unpaired) electrons. The molecule has 8 heteroatoms. The minimum absolute atomic E-state index is 0.0164. The van der Waals surface area contributed by atoms with E-state index in [-0.39, 0.29) is 26.0 Å². The summed E-state index contributed by atoms with van der Waals surface area (Å²) >= 11 is 6.19. The van der Waals surface area contributed by atoms with Gasteiger partial charge in [-0.15, -0.1) is 0 Å². The van der Waals surface area contributed by atoms with Crippen LogP contribution in [0, 0.1) is 0 Å². The quantitative estimate of drug-likeness (QED) is 0.515. The summed E-state index contributed by atoms with van der Waals surface area (Å²) in [6, 6.07) is 21.6. The number of hydrogen-bond acceptors (Lipinski definition) is 4. The molecule has 2 amide bonds. The number of amides is 2. The van der Waals surface area contributed by atoms with E-state index in [1.54, 1.807) is 24.3 Å². The first-order valence-corrected chi connectivity index (χ1v) is 11.6. The second-order valence-electron chi connectivity index (χ2n) is 8.35. The van der Waals surface area contributed by atoms with Gasteiger partial charge in [-0.1, -0.05) is 84.4 Å². The van der Waals surface area contributed by atoms with Crippen molar-refractivity contribution >= 4 is 29.6 Å². The molecule has 1 aliphatic heterocycles. The molecule has 4 rings (SSSR count). The van der Waals surface area contributed by atoms with Crippen LogP contribution in [-0.2, 0) is 40.3 Å². The number of carboxylic acids is 1. The minimum atomic E-state index is -1.21. The molecule has 0 saturated heterocycles. The van der Waals surface area contributed by atoms with Gasteiger partial charge in [-0.3, -0.25) is 9.69 Å². The van der Waals surface area contributed by atoms with E-state index >= 15 is 0 Å². The molecule has 0 aliphatic carbocycles. The maximum Gasteiger partial charge on any atom is 0.411 e. The van der Waals surface area contributed by atoms with Crippen molar-refractivity contribution in [2.45, 2.75) is 38.1 Å². The lowest BCUT2D eigenvalue weighted by Gasteiger charge is -2.35. The molecule has 7 nitrogen and oxygen atoms in total. The van der Waals surface area contributed by atoms with Gasteiger partial charge in [0.1, 0.15) is 18.7 Å². The minimum Gasteiger partial charge on any atom is -0.480 e. The average Bonchev–Trinajstić information content (AvgIpc) is 2.87. The molecular weight excluding hydrogens is 468 g/mol. The summed E-state index contributed by atoms with van der Waals surface area (Å²) in [5.74, 6) is -1.75. The first kappa shape index (κ1) is 24.3. The van der Waals surface area contributed by atoms with Crippen molar-refractivity contribution in [2.75, 3.05) is 0 Å². The average molecular weight is 493 g/mol. The zero-order valence-corrected chi connectivity index (χ0v) is 19.6. The standard InChI is InChI=1S/C27H25ClN2O5/c28-22-13-7-6-11-20(22)14-23(26(32)33)29-25(31)24-15-19-10-4-5-12-21(19)16-30(24)27(34)35-17-18-8-2-1-3-9-18/h1-13,23-24H,14-17H2,(H,29,31)(H,32,33)/t23-,24-/m0/s1. The van der Waals surface area contributed by atoms with Crippen LogP contribution in [0.4, 0.5) is 4.79 Å². The molecule has 3 aromatic rings. The SMILES string of the molecule is O=C(O)[C@H](Cc1ccccc1Cl)NC(=O)[C@@H]1Cc2ccccc2CN1C(=O)OCc1ccccc1. The Labute approximate surface area is 208 Å². The lowest BCUT2D eigenvalue weighted by Crippen LogP contribution is -2.56. The van der Waals surface area contributed by atoms with E-state index in [0.717, 1.165) is 16.7 Å². The highest BCUT2D eigenvalue weighted by Crippen LogP contribution is 2.25. The second kappa shape index (κ2) is 11.1. The van der Waals surface area contributed by atoms with E-state index in [9.17, 15) is 19.5 Å². The van der Waals surface area contributed by atoms with Gasteiger partial charge in [-0.25, -0.2) is 9.59 Å². The van der Waals surface area contributed by atoms with E-state index < -0.39 is 30.1 Å². The fourth-order valence-electron chi connectivity index (χ4n) is 4.10. The number of halogens is 1. The second-order valence-corrected chi connectivity index (χ2v) is 8.76. The maximum absolute atomic E-state index is 13.3. The van der Waals surface area contributed by atoms with Gasteiger partial charge in [-0.2, -0.15) is 0 Å². The number of nitrogens with zero attached hydrogens (tertiary/aromatic N) is 1. The number of nitrogens with one attached hydrogen (secondary N) is 1. The highest BCUT2D eigenvalue weighted by Gasteiger charge is 2.37. The van der Waals surface area contributed by atoms with Gasteiger partial charge in [-0.05, 0) is 28.3 Å². The fourth-order valence-corrected chi connectivity index (χ4v) is 4.32. The Morgan fingerprint density at radius 1 is 0.971 bits per heavy atom. The van der Waals surface area contributed by atoms with Crippen molar-refractivity contribution < 1.29 is 24.2 Å². The Morgan fingerprint density at radius 3 is 2.34 bits per heavy atom. The molecule has 35 heavy (non-hydrogen) atoms. The van der Waals surface area contributed by atoms with Gasteiger partial charge in [0.2, 0.25) is 5.91 Å². The molecular formula is C27H25ClN2O5. The van der Waals surface area contributed by atoms with E-state index in [0.29, 0.717) is 10.6 Å². The van der Waals surface area contributed by atoms with E-state index in [1.165, 1.54) is 4.90 Å². The van der Waals surface area contributed by atoms with Crippen molar-refractivity contribution in [1.29, 1.82) is 0 Å². The van der Waals surface area contributed by atoms with Gasteiger partial charge in [0.25, 0.3) is 0 Å². The summed E-state index contributed by atoms with van der Waals surface area (Å²) in [5, 5.41) is 12.8. The summed E-state index contributed by atoms with van der Waals surface area (Å²) in [6.45, 7) is 0.251. The maximum atomic E-state index is 13.3. The summed E-state index contributed by atoms with van der Waals surface area (Å²) in [6.07, 6.45) is -0.370. The Morgan fingerprint density at radius 2 is 1.63 bits per heavy atom. The third kappa shape index (κ3) is 6.00. The van der Waals surface area contributed by atoms with Crippen molar-refractivity contribution in [1.82, 2.24) is 10.2 Å². The number of carboxylic acid groups (broad SMARTS) is 1. The largest absolute Gasteiger partial charge is 0.480 e. The predicted octanol–water partition coefficient (Wildman–Crippen LogP) is 4.22. The van der Waals surface area contributed by atoms with E-state index in [2.05, 4.69) is 5.32 Å². The van der Waals surface area contributed by atoms with Crippen LogP contribution in [0.1, 0.15) is 22.3 Å². The molecule has 1 heterocycles. The van der Waals surface area contributed by atoms with Crippen molar-refractivity contribution in [3.05, 3.63) is 106 Å². The Kier molecular flexibility index (Phi) is 7.67. The number of benzene rings is 3. The van der Waals surface area contributed by atoms with Crippen LogP contribution in [0.5, 0.6) is 0 Å². The lowest BCUT2D eigenvalue weighted by molar-refractivity contribution is -0.142. The molecule has 2 atom stereocenters. The number of carbonyl (C=O) groups excluding carboxylic acids is 2. The highest BCUT2D eigenvalue weighted by molar-refractivity contribution is 6.31. The molecule has 0 spiro atoms. The molecule has 0 saturated carbocycles. The smallest absolute Gasteiger partial charge is 0.411 e. The van der Waals surface area contributed by atoms with Crippen molar-refractivity contribution in [2.24, 2.45) is 0 Å². The van der Waals surface area contributed by atoms with E-state index in [4.69, 9.17) is 16.3 Å². The van der Waals surface area contributed by atoms with Gasteiger partial charge >= 0.3 is 12.1 Å². The van der Waals surface area contributed by atoms with Crippen LogP contribution in [0.15, 0.2) is 78.9 Å². The Balaban J connectivity index is 1.52. The number of aliphatic carboxylic acids is 1. The van der Waals surface area contributed by atoms with Gasteiger partial charge in [0.15, 0.2) is 0 Å². The Hall–Kier alpha value is -3.84. The molecule has 2 N–H and O–H groups in total. The topological polar surface area (TPSA) is 95.9 Å². The number of fused-ring (bicyclic) bond motifs is 1. The number of rotatable bonds is 7. The molecule has 3 aromatic carbocycles. The van der Waals surface area contributed by atoms with Crippen LogP contribution in [-0.4, -0.2) is 40.1 Å². The number of ether oxygens (including phenoxy) is 1. The Bertz CT molecular complexity index is 1220. The molecule has 0 aromatic heterocycles. The van der Waals surface area contributed by atoms with Gasteiger partial charge < -0.3 is 15.2 Å². The van der Waals surface area contributed by atoms with Crippen molar-refractivity contribution in [3.63, 3.8) is 0 Å². The van der Waals surface area contributed by atoms with Gasteiger partial charge in [0.05, 0.1) is 6.54 Å². The van der Waals surface area contributed by atoms with Crippen LogP contribution in [0.2, 0.25) is 5.02 Å². The monoisotopic (exact) mass is 492 g/mol. The van der Waals surface area contributed by atoms with E-state index in [1.807, 2.05) is 54.6 Å². The summed E-state index contributed by atoms with van der Waals surface area (Å²) in [4.78, 5) is 39.7. The number of hydrogen-bond donors (Lipinski definition) is 2. The summed E-state index contributed by atoms with van der Waals surface area (Å²) in [5.41, 5.74) is 3.27. The van der Waals surface area contributed by atoms with Crippen LogP contribution < -0.4 is 5.32 Å². The zero-order chi connectivity index (χ0) is 24.8. The molecule has 0 bridgehead atoms. The molecule has 1 aliphatic rings. The first-order chi connectivity index (χ1) is 16.9. The fraction of sp³-hybridized carbons (Fsp3) is 0.222. The zero-order valence-electron chi connectivity index (χ0n) is 18.9. The summed E-state index contributed by atoms with van der Waals surface area (Å²) in [7, 11) is 0. The summed E-state index contributed by atoms with van der Waals surface area (Å²) < 4.78 is 5.50.